The Morgan fingerprint density at radius 3 is 1.75 bits per heavy atom. The smallest absolute Gasteiger partial charge is 0.0553 e. The first kappa shape index (κ1) is 10.0. The van der Waals surface area contributed by atoms with Crippen molar-refractivity contribution in [3.8, 4) is 0 Å². The Hall–Kier alpha value is -0.0400. The van der Waals surface area contributed by atoms with Gasteiger partial charge in [-0.25, -0.2) is 0 Å². The molecular weight excluding hydrogens is 148 g/mol. The highest BCUT2D eigenvalue weighted by Gasteiger charge is 2.32. The van der Waals surface area contributed by atoms with Crippen LogP contribution in [0.4, 0.5) is 0 Å². The number of ether oxygens (including phenoxy) is 1. The summed E-state index contributed by atoms with van der Waals surface area (Å²) in [6.07, 6.45) is 3.37. The van der Waals surface area contributed by atoms with Crippen LogP contribution in [-0.4, -0.2) is 12.2 Å². The summed E-state index contributed by atoms with van der Waals surface area (Å²) < 4.78 is 5.71. The van der Waals surface area contributed by atoms with Crippen molar-refractivity contribution in [1.82, 2.24) is 0 Å². The van der Waals surface area contributed by atoms with E-state index >= 15 is 0 Å². The van der Waals surface area contributed by atoms with Crippen molar-refractivity contribution in [2.75, 3.05) is 0 Å². The first-order valence-electron chi connectivity index (χ1n) is 5.05. The van der Waals surface area contributed by atoms with Gasteiger partial charge in [0.25, 0.3) is 0 Å². The number of rotatable bonds is 0. The Morgan fingerprint density at radius 2 is 1.42 bits per heavy atom. The van der Waals surface area contributed by atoms with Crippen molar-refractivity contribution in [2.24, 2.45) is 11.3 Å². The quantitative estimate of drug-likeness (QED) is 0.542. The monoisotopic (exact) mass is 170 g/mol. The molecule has 1 aliphatic rings. The predicted molar refractivity (Wildman–Crippen MR) is 52.2 cm³/mol. The molecule has 1 saturated heterocycles. The summed E-state index contributed by atoms with van der Waals surface area (Å²) in [6, 6.07) is 0. The SMILES string of the molecule is C[C@H]1CC(C(C)(C)C)C[C@H](C)O1. The molecule has 0 N–H and O–H groups in total. The Balaban J connectivity index is 2.55. The van der Waals surface area contributed by atoms with E-state index < -0.39 is 0 Å². The van der Waals surface area contributed by atoms with E-state index in [1.807, 2.05) is 0 Å². The van der Waals surface area contributed by atoms with E-state index in [4.69, 9.17) is 4.74 Å². The molecule has 0 aromatic heterocycles. The highest BCUT2D eigenvalue weighted by molar-refractivity contribution is 4.81. The van der Waals surface area contributed by atoms with Crippen molar-refractivity contribution in [1.29, 1.82) is 0 Å². The molecule has 0 spiro atoms. The van der Waals surface area contributed by atoms with Crippen LogP contribution in [0.5, 0.6) is 0 Å². The van der Waals surface area contributed by atoms with Gasteiger partial charge in [-0.2, -0.15) is 0 Å². The zero-order valence-corrected chi connectivity index (χ0v) is 9.05. The Labute approximate surface area is 76.5 Å². The molecule has 0 bridgehead atoms. The maximum Gasteiger partial charge on any atom is 0.0553 e. The number of hydrogen-bond acceptors (Lipinski definition) is 1. The standard InChI is InChI=1S/C11H22O/c1-8-6-10(11(3,4)5)7-9(2)12-8/h8-10H,6-7H2,1-5H3/t8-,9-/m0/s1. The van der Waals surface area contributed by atoms with Crippen LogP contribution in [0.2, 0.25) is 0 Å². The molecule has 1 aliphatic heterocycles. The van der Waals surface area contributed by atoms with E-state index in [2.05, 4.69) is 34.6 Å². The molecule has 0 aromatic carbocycles. The normalized spacial score (nSPS) is 38.2. The van der Waals surface area contributed by atoms with Gasteiger partial charge in [0.1, 0.15) is 0 Å². The van der Waals surface area contributed by atoms with Gasteiger partial charge in [0.05, 0.1) is 12.2 Å². The topological polar surface area (TPSA) is 9.23 Å². The van der Waals surface area contributed by atoms with Crippen molar-refractivity contribution in [2.45, 2.75) is 59.7 Å². The van der Waals surface area contributed by atoms with E-state index in [-0.39, 0.29) is 0 Å². The predicted octanol–water partition coefficient (Wildman–Crippen LogP) is 3.24. The molecule has 0 aromatic rings. The first-order chi connectivity index (χ1) is 5.39. The third kappa shape index (κ3) is 2.48. The van der Waals surface area contributed by atoms with Gasteiger partial charge < -0.3 is 4.74 Å². The van der Waals surface area contributed by atoms with Gasteiger partial charge >= 0.3 is 0 Å². The van der Waals surface area contributed by atoms with Crippen LogP contribution in [0.1, 0.15) is 47.5 Å². The average Bonchev–Trinajstić information content (AvgIpc) is 1.82. The minimum atomic E-state index is 0.451. The summed E-state index contributed by atoms with van der Waals surface area (Å²) in [7, 11) is 0. The molecule has 2 atom stereocenters. The van der Waals surface area contributed by atoms with E-state index in [0.717, 1.165) is 5.92 Å². The molecule has 0 amide bonds. The van der Waals surface area contributed by atoms with Gasteiger partial charge in [0.15, 0.2) is 0 Å². The lowest BCUT2D eigenvalue weighted by Gasteiger charge is -2.39. The largest absolute Gasteiger partial charge is 0.376 e. The Kier molecular flexibility index (Phi) is 2.82. The Bertz CT molecular complexity index is 136. The third-order valence-electron chi connectivity index (χ3n) is 2.92. The third-order valence-corrected chi connectivity index (χ3v) is 2.92. The second-order valence-corrected chi connectivity index (χ2v) is 5.29. The summed E-state index contributed by atoms with van der Waals surface area (Å²) in [6.45, 7) is 11.4. The molecule has 12 heavy (non-hydrogen) atoms. The second-order valence-electron chi connectivity index (χ2n) is 5.29. The summed E-state index contributed by atoms with van der Waals surface area (Å²) in [5, 5.41) is 0. The second kappa shape index (κ2) is 3.37. The van der Waals surface area contributed by atoms with Crippen molar-refractivity contribution in [3.63, 3.8) is 0 Å². The fourth-order valence-corrected chi connectivity index (χ4v) is 2.11. The highest BCUT2D eigenvalue weighted by Crippen LogP contribution is 2.37. The molecule has 0 aliphatic carbocycles. The first-order valence-corrected chi connectivity index (χ1v) is 5.05. The summed E-state index contributed by atoms with van der Waals surface area (Å²) in [5.41, 5.74) is 0.451. The van der Waals surface area contributed by atoms with Gasteiger partial charge in [-0.15, -0.1) is 0 Å². The van der Waals surface area contributed by atoms with Crippen LogP contribution >= 0.6 is 0 Å². The van der Waals surface area contributed by atoms with Crippen LogP contribution in [0.15, 0.2) is 0 Å². The number of hydrogen-bond donors (Lipinski definition) is 0. The molecule has 1 fully saturated rings. The van der Waals surface area contributed by atoms with Crippen molar-refractivity contribution < 1.29 is 4.74 Å². The van der Waals surface area contributed by atoms with E-state index in [1.54, 1.807) is 0 Å². The summed E-state index contributed by atoms with van der Waals surface area (Å²) in [5.74, 6) is 0.830. The molecule has 1 heterocycles. The zero-order chi connectivity index (χ0) is 9.35. The Morgan fingerprint density at radius 1 is 1.00 bits per heavy atom. The highest BCUT2D eigenvalue weighted by atomic mass is 16.5. The lowest BCUT2D eigenvalue weighted by molar-refractivity contribution is -0.0734. The molecule has 0 saturated carbocycles. The molecular formula is C11H22O. The minimum Gasteiger partial charge on any atom is -0.376 e. The lowest BCUT2D eigenvalue weighted by Crippen LogP contribution is -2.35. The van der Waals surface area contributed by atoms with E-state index in [1.165, 1.54) is 12.8 Å². The van der Waals surface area contributed by atoms with Crippen molar-refractivity contribution in [3.05, 3.63) is 0 Å². The van der Waals surface area contributed by atoms with Gasteiger partial charge in [-0.05, 0) is 38.0 Å². The zero-order valence-electron chi connectivity index (χ0n) is 9.05. The van der Waals surface area contributed by atoms with Crippen LogP contribution in [-0.2, 0) is 4.74 Å². The average molecular weight is 170 g/mol. The van der Waals surface area contributed by atoms with Gasteiger partial charge in [0.2, 0.25) is 0 Å². The molecule has 1 rings (SSSR count). The van der Waals surface area contributed by atoms with Gasteiger partial charge in [-0.3, -0.25) is 0 Å². The van der Waals surface area contributed by atoms with Crippen LogP contribution in [0, 0.1) is 11.3 Å². The molecule has 1 nitrogen and oxygen atoms in total. The lowest BCUT2D eigenvalue weighted by atomic mass is 9.74. The van der Waals surface area contributed by atoms with Crippen LogP contribution < -0.4 is 0 Å². The maximum atomic E-state index is 5.71. The van der Waals surface area contributed by atoms with Gasteiger partial charge in [-0.1, -0.05) is 20.8 Å². The van der Waals surface area contributed by atoms with E-state index in [9.17, 15) is 0 Å². The maximum absolute atomic E-state index is 5.71. The minimum absolute atomic E-state index is 0.451. The summed E-state index contributed by atoms with van der Waals surface area (Å²) >= 11 is 0. The van der Waals surface area contributed by atoms with Crippen LogP contribution in [0.3, 0.4) is 0 Å². The fourth-order valence-electron chi connectivity index (χ4n) is 2.11. The van der Waals surface area contributed by atoms with E-state index in [0.29, 0.717) is 17.6 Å². The fraction of sp³-hybridized carbons (Fsp3) is 1.00. The summed E-state index contributed by atoms with van der Waals surface area (Å²) in [4.78, 5) is 0. The molecule has 0 radical (unpaired) electrons. The molecule has 1 heteroatoms. The molecule has 0 unspecified atom stereocenters. The molecule has 72 valence electrons. The van der Waals surface area contributed by atoms with Gasteiger partial charge in [0, 0.05) is 0 Å². The van der Waals surface area contributed by atoms with Crippen LogP contribution in [0.25, 0.3) is 0 Å². The van der Waals surface area contributed by atoms with Crippen molar-refractivity contribution >= 4 is 0 Å².